The fourth-order valence-electron chi connectivity index (χ4n) is 2.33. The summed E-state index contributed by atoms with van der Waals surface area (Å²) >= 11 is 0. The lowest BCUT2D eigenvalue weighted by atomic mass is 10.1. The molecule has 19 heavy (non-hydrogen) atoms. The van der Waals surface area contributed by atoms with Crippen molar-refractivity contribution >= 4 is 22.6 Å². The van der Waals surface area contributed by atoms with Crippen LogP contribution in [-0.4, -0.2) is 38.4 Å². The Kier molecular flexibility index (Phi) is 9.19. The fourth-order valence-corrected chi connectivity index (χ4v) is 3.83. The Bertz CT molecular complexity index is 328. The SMILES string of the molecule is CC(C)CC(CN)NS(=O)(=O)N1CCCCCC1.Cl. The molecule has 1 atom stereocenters. The van der Waals surface area contributed by atoms with Crippen molar-refractivity contribution in [3.8, 4) is 0 Å². The van der Waals surface area contributed by atoms with Crippen molar-refractivity contribution in [1.82, 2.24) is 9.03 Å². The highest BCUT2D eigenvalue weighted by molar-refractivity contribution is 7.87. The summed E-state index contributed by atoms with van der Waals surface area (Å²) < 4.78 is 28.8. The number of hydrogen-bond acceptors (Lipinski definition) is 3. The van der Waals surface area contributed by atoms with Gasteiger partial charge < -0.3 is 5.73 Å². The zero-order chi connectivity index (χ0) is 13.6. The fraction of sp³-hybridized carbons (Fsp3) is 1.00. The average molecular weight is 314 g/mol. The van der Waals surface area contributed by atoms with E-state index in [1.54, 1.807) is 4.31 Å². The molecule has 1 heterocycles. The van der Waals surface area contributed by atoms with E-state index in [9.17, 15) is 8.42 Å². The molecule has 0 spiro atoms. The minimum absolute atomic E-state index is 0. The molecule has 1 aliphatic heterocycles. The topological polar surface area (TPSA) is 75.4 Å². The van der Waals surface area contributed by atoms with Crippen LogP contribution in [0.4, 0.5) is 0 Å². The summed E-state index contributed by atoms with van der Waals surface area (Å²) in [5, 5.41) is 0. The van der Waals surface area contributed by atoms with Gasteiger partial charge in [0, 0.05) is 25.7 Å². The molecule has 1 aliphatic rings. The van der Waals surface area contributed by atoms with Crippen molar-refractivity contribution in [2.75, 3.05) is 19.6 Å². The van der Waals surface area contributed by atoms with Gasteiger partial charge in [0.05, 0.1) is 0 Å². The molecule has 0 bridgehead atoms. The summed E-state index contributed by atoms with van der Waals surface area (Å²) in [6.07, 6.45) is 4.94. The molecule has 116 valence electrons. The van der Waals surface area contributed by atoms with Crippen LogP contribution in [0.15, 0.2) is 0 Å². The molecule has 5 nitrogen and oxygen atoms in total. The Morgan fingerprint density at radius 2 is 1.68 bits per heavy atom. The van der Waals surface area contributed by atoms with Crippen LogP contribution in [0, 0.1) is 5.92 Å². The molecule has 0 aromatic carbocycles. The molecule has 0 aliphatic carbocycles. The van der Waals surface area contributed by atoms with Crippen molar-refractivity contribution < 1.29 is 8.42 Å². The van der Waals surface area contributed by atoms with Crippen LogP contribution in [0.25, 0.3) is 0 Å². The predicted octanol–water partition coefficient (Wildman–Crippen LogP) is 1.49. The quantitative estimate of drug-likeness (QED) is 0.780. The normalized spacial score (nSPS) is 19.8. The number of hydrogen-bond donors (Lipinski definition) is 2. The summed E-state index contributed by atoms with van der Waals surface area (Å²) in [6, 6.07) is -0.154. The highest BCUT2D eigenvalue weighted by Gasteiger charge is 2.25. The standard InChI is InChI=1S/C12H27N3O2S.ClH/c1-11(2)9-12(10-13)14-18(16,17)15-7-5-3-4-6-8-15;/h11-12,14H,3-10,13H2,1-2H3;1H. The molecule has 0 amide bonds. The first-order chi connectivity index (χ1) is 8.45. The van der Waals surface area contributed by atoms with Gasteiger partial charge in [-0.2, -0.15) is 17.4 Å². The van der Waals surface area contributed by atoms with Crippen LogP contribution in [0.2, 0.25) is 0 Å². The molecule has 1 saturated heterocycles. The molecule has 3 N–H and O–H groups in total. The number of nitrogens with two attached hydrogens (primary N) is 1. The Morgan fingerprint density at radius 3 is 2.11 bits per heavy atom. The monoisotopic (exact) mass is 313 g/mol. The summed E-state index contributed by atoms with van der Waals surface area (Å²) in [5.41, 5.74) is 5.64. The van der Waals surface area contributed by atoms with Crippen molar-refractivity contribution in [3.05, 3.63) is 0 Å². The molecule has 7 heteroatoms. The van der Waals surface area contributed by atoms with Crippen LogP contribution < -0.4 is 10.5 Å². The van der Waals surface area contributed by atoms with E-state index >= 15 is 0 Å². The van der Waals surface area contributed by atoms with Crippen LogP contribution >= 0.6 is 12.4 Å². The van der Waals surface area contributed by atoms with Gasteiger partial charge in [-0.05, 0) is 25.2 Å². The second-order valence-electron chi connectivity index (χ2n) is 5.50. The predicted molar refractivity (Wildman–Crippen MR) is 81.6 cm³/mol. The first-order valence-corrected chi connectivity index (χ1v) is 8.37. The minimum Gasteiger partial charge on any atom is -0.329 e. The largest absolute Gasteiger partial charge is 0.329 e. The summed E-state index contributed by atoms with van der Waals surface area (Å²) in [6.45, 7) is 5.76. The van der Waals surface area contributed by atoms with Gasteiger partial charge >= 0.3 is 0 Å². The van der Waals surface area contributed by atoms with Gasteiger partial charge in [0.25, 0.3) is 10.2 Å². The smallest absolute Gasteiger partial charge is 0.279 e. The van der Waals surface area contributed by atoms with Crippen LogP contribution in [0.1, 0.15) is 46.0 Å². The Balaban J connectivity index is 0.00000324. The maximum atomic E-state index is 12.2. The Morgan fingerprint density at radius 1 is 1.16 bits per heavy atom. The Labute approximate surface area is 123 Å². The molecule has 1 fully saturated rings. The molecule has 0 saturated carbocycles. The van der Waals surface area contributed by atoms with Gasteiger partial charge in [-0.15, -0.1) is 12.4 Å². The molecule has 0 aromatic rings. The van der Waals surface area contributed by atoms with E-state index < -0.39 is 10.2 Å². The summed E-state index contributed by atoms with van der Waals surface area (Å²) in [4.78, 5) is 0. The number of nitrogens with one attached hydrogen (secondary N) is 1. The molecule has 0 aromatic heterocycles. The molecule has 0 radical (unpaired) electrons. The van der Waals surface area contributed by atoms with E-state index in [1.165, 1.54) is 0 Å². The number of halogens is 1. The Hall–Kier alpha value is 0.120. The molecular weight excluding hydrogens is 286 g/mol. The van der Waals surface area contributed by atoms with Crippen molar-refractivity contribution in [2.24, 2.45) is 11.7 Å². The number of nitrogens with zero attached hydrogens (tertiary/aromatic N) is 1. The molecule has 1 rings (SSSR count). The van der Waals surface area contributed by atoms with Crippen molar-refractivity contribution in [2.45, 2.75) is 52.0 Å². The maximum Gasteiger partial charge on any atom is 0.279 e. The number of rotatable bonds is 6. The van der Waals surface area contributed by atoms with E-state index in [2.05, 4.69) is 18.6 Å². The second-order valence-corrected chi connectivity index (χ2v) is 7.20. The van der Waals surface area contributed by atoms with E-state index in [4.69, 9.17) is 5.73 Å². The molecule has 1 unspecified atom stereocenters. The van der Waals surface area contributed by atoms with E-state index in [-0.39, 0.29) is 18.4 Å². The molecular formula is C12H28ClN3O2S. The van der Waals surface area contributed by atoms with E-state index in [1.807, 2.05) is 0 Å². The second kappa shape index (κ2) is 9.13. The lowest BCUT2D eigenvalue weighted by Crippen LogP contribution is -2.48. The first-order valence-electron chi connectivity index (χ1n) is 6.93. The van der Waals surface area contributed by atoms with Crippen molar-refractivity contribution in [3.63, 3.8) is 0 Å². The van der Waals surface area contributed by atoms with Gasteiger partial charge in [0.1, 0.15) is 0 Å². The van der Waals surface area contributed by atoms with Gasteiger partial charge in [-0.3, -0.25) is 0 Å². The highest BCUT2D eigenvalue weighted by Crippen LogP contribution is 2.13. The van der Waals surface area contributed by atoms with Crippen LogP contribution in [0.5, 0.6) is 0 Å². The maximum absolute atomic E-state index is 12.2. The lowest BCUT2D eigenvalue weighted by Gasteiger charge is -2.25. The third-order valence-electron chi connectivity index (χ3n) is 3.26. The summed E-state index contributed by atoms with van der Waals surface area (Å²) in [7, 11) is -3.36. The van der Waals surface area contributed by atoms with Gasteiger partial charge in [0.2, 0.25) is 0 Å². The van der Waals surface area contributed by atoms with Crippen LogP contribution in [-0.2, 0) is 10.2 Å². The van der Waals surface area contributed by atoms with E-state index in [0.717, 1.165) is 32.1 Å². The zero-order valence-corrected chi connectivity index (χ0v) is 13.6. The first kappa shape index (κ1) is 19.1. The van der Waals surface area contributed by atoms with Crippen LogP contribution in [0.3, 0.4) is 0 Å². The summed E-state index contributed by atoms with van der Waals surface area (Å²) in [5.74, 6) is 0.436. The zero-order valence-electron chi connectivity index (χ0n) is 12.0. The third-order valence-corrected chi connectivity index (χ3v) is 4.94. The van der Waals surface area contributed by atoms with Gasteiger partial charge in [0.15, 0.2) is 0 Å². The third kappa shape index (κ3) is 6.90. The minimum atomic E-state index is -3.36. The van der Waals surface area contributed by atoms with Gasteiger partial charge in [-0.1, -0.05) is 26.7 Å². The highest BCUT2D eigenvalue weighted by atomic mass is 35.5. The lowest BCUT2D eigenvalue weighted by molar-refractivity contribution is 0.395. The van der Waals surface area contributed by atoms with Gasteiger partial charge in [-0.25, -0.2) is 0 Å². The van der Waals surface area contributed by atoms with Crippen molar-refractivity contribution in [1.29, 1.82) is 0 Å². The van der Waals surface area contributed by atoms with E-state index in [0.29, 0.717) is 25.6 Å². The average Bonchev–Trinajstić information content (AvgIpc) is 2.56.